The summed E-state index contributed by atoms with van der Waals surface area (Å²) in [6, 6.07) is 23.0. The molecule has 0 spiro atoms. The highest BCUT2D eigenvalue weighted by molar-refractivity contribution is 6.30. The fraction of sp³-hybridized carbons (Fsp3) is 0.0909. The lowest BCUT2D eigenvalue weighted by Gasteiger charge is -2.20. The van der Waals surface area contributed by atoms with Crippen LogP contribution in [0.3, 0.4) is 0 Å². The van der Waals surface area contributed by atoms with Crippen molar-refractivity contribution >= 4 is 23.4 Å². The van der Waals surface area contributed by atoms with Crippen LogP contribution >= 0.6 is 11.6 Å². The maximum atomic E-state index is 12.5. The number of halogens is 1. The van der Waals surface area contributed by atoms with E-state index in [1.54, 1.807) is 36.4 Å². The van der Waals surface area contributed by atoms with Gasteiger partial charge in [-0.1, -0.05) is 54.1 Å². The van der Waals surface area contributed by atoms with Crippen LogP contribution in [-0.2, 0) is 4.79 Å². The second kappa shape index (κ2) is 9.06. The Balaban J connectivity index is 1.69. The number of carbonyl (C=O) groups excluding carboxylic acids is 2. The first kappa shape index (κ1) is 19.5. The monoisotopic (exact) mass is 394 g/mol. The van der Waals surface area contributed by atoms with Crippen molar-refractivity contribution in [2.75, 3.05) is 6.61 Å². The van der Waals surface area contributed by atoms with Crippen molar-refractivity contribution in [1.82, 2.24) is 5.32 Å². The molecular formula is C22H19ClN2O3. The van der Waals surface area contributed by atoms with Crippen molar-refractivity contribution in [1.29, 1.82) is 0 Å². The minimum absolute atomic E-state index is 0.160. The van der Waals surface area contributed by atoms with Crippen LogP contribution in [0.4, 0.5) is 0 Å². The highest BCUT2D eigenvalue weighted by Gasteiger charge is 2.17. The van der Waals surface area contributed by atoms with E-state index in [-0.39, 0.29) is 18.6 Å². The topological polar surface area (TPSA) is 81.4 Å². The number of nitrogens with two attached hydrogens (primary N) is 1. The molecule has 0 aliphatic carbocycles. The van der Waals surface area contributed by atoms with Crippen molar-refractivity contribution in [2.24, 2.45) is 5.73 Å². The maximum absolute atomic E-state index is 12.5. The molecule has 0 aliphatic rings. The fourth-order valence-corrected chi connectivity index (χ4v) is 2.85. The first-order chi connectivity index (χ1) is 13.5. The van der Waals surface area contributed by atoms with E-state index in [0.717, 1.165) is 11.1 Å². The lowest BCUT2D eigenvalue weighted by Crippen LogP contribution is -2.33. The third-order valence-corrected chi connectivity index (χ3v) is 4.40. The summed E-state index contributed by atoms with van der Waals surface area (Å²) in [6.45, 7) is -0.160. The van der Waals surface area contributed by atoms with Crippen molar-refractivity contribution < 1.29 is 14.3 Å². The third kappa shape index (κ3) is 5.11. The van der Waals surface area contributed by atoms with Gasteiger partial charge in [-0.15, -0.1) is 0 Å². The van der Waals surface area contributed by atoms with Gasteiger partial charge in [-0.05, 0) is 47.5 Å². The minimum atomic E-state index is -0.516. The molecule has 0 aliphatic heterocycles. The van der Waals surface area contributed by atoms with Crippen LogP contribution in [0.15, 0.2) is 78.9 Å². The molecule has 0 saturated carbocycles. The lowest BCUT2D eigenvalue weighted by molar-refractivity contribution is -0.123. The van der Waals surface area contributed by atoms with Crippen molar-refractivity contribution in [3.05, 3.63) is 101 Å². The summed E-state index contributed by atoms with van der Waals surface area (Å²) in [4.78, 5) is 23.6. The number of nitrogens with one attached hydrogen (secondary N) is 1. The van der Waals surface area contributed by atoms with Gasteiger partial charge in [-0.3, -0.25) is 9.59 Å². The summed E-state index contributed by atoms with van der Waals surface area (Å²) in [7, 11) is 0. The van der Waals surface area contributed by atoms with E-state index < -0.39 is 5.91 Å². The van der Waals surface area contributed by atoms with Gasteiger partial charge in [0.2, 0.25) is 5.91 Å². The normalized spacial score (nSPS) is 11.5. The number of carbonyl (C=O) groups is 2. The molecular weight excluding hydrogens is 376 g/mol. The average molecular weight is 395 g/mol. The van der Waals surface area contributed by atoms with Crippen LogP contribution in [0.1, 0.15) is 27.5 Å². The zero-order valence-electron chi connectivity index (χ0n) is 15.0. The summed E-state index contributed by atoms with van der Waals surface area (Å²) in [5.41, 5.74) is 7.45. The molecule has 2 amide bonds. The molecule has 6 heteroatoms. The second-order valence-electron chi connectivity index (χ2n) is 6.14. The molecule has 0 radical (unpaired) electrons. The van der Waals surface area contributed by atoms with Gasteiger partial charge in [0.25, 0.3) is 5.91 Å². The Bertz CT molecular complexity index is 942. The quantitative estimate of drug-likeness (QED) is 0.640. The Morgan fingerprint density at radius 1 is 0.893 bits per heavy atom. The summed E-state index contributed by atoms with van der Waals surface area (Å²) in [6.07, 6.45) is 0. The molecule has 3 aromatic rings. The molecule has 0 heterocycles. The predicted molar refractivity (Wildman–Crippen MR) is 108 cm³/mol. The van der Waals surface area contributed by atoms with Crippen LogP contribution in [0.25, 0.3) is 0 Å². The van der Waals surface area contributed by atoms with Gasteiger partial charge in [0.1, 0.15) is 5.75 Å². The third-order valence-electron chi connectivity index (χ3n) is 4.15. The Kier molecular flexibility index (Phi) is 6.29. The van der Waals surface area contributed by atoms with Crippen LogP contribution in [-0.4, -0.2) is 18.4 Å². The van der Waals surface area contributed by atoms with E-state index in [0.29, 0.717) is 16.3 Å². The molecule has 0 bridgehead atoms. The molecule has 28 heavy (non-hydrogen) atoms. The lowest BCUT2D eigenvalue weighted by atomic mass is 9.99. The van der Waals surface area contributed by atoms with Crippen LogP contribution in [0, 0.1) is 0 Å². The highest BCUT2D eigenvalue weighted by Crippen LogP contribution is 2.23. The second-order valence-corrected chi connectivity index (χ2v) is 6.58. The SMILES string of the molecule is NC(=O)c1ccc(OCC(=O)NC(c2ccccc2)c2ccc(Cl)cc2)cc1. The van der Waals surface area contributed by atoms with Crippen LogP contribution < -0.4 is 15.8 Å². The number of amides is 2. The molecule has 5 nitrogen and oxygen atoms in total. The van der Waals surface area contributed by atoms with Gasteiger partial charge in [0.15, 0.2) is 6.61 Å². The average Bonchev–Trinajstić information content (AvgIpc) is 2.72. The van der Waals surface area contributed by atoms with E-state index in [9.17, 15) is 9.59 Å². The zero-order chi connectivity index (χ0) is 19.9. The molecule has 3 rings (SSSR count). The number of hydrogen-bond acceptors (Lipinski definition) is 3. The number of benzene rings is 3. The molecule has 142 valence electrons. The smallest absolute Gasteiger partial charge is 0.258 e. The van der Waals surface area contributed by atoms with Gasteiger partial charge in [-0.2, -0.15) is 0 Å². The molecule has 1 unspecified atom stereocenters. The van der Waals surface area contributed by atoms with E-state index in [1.165, 1.54) is 0 Å². The van der Waals surface area contributed by atoms with Crippen molar-refractivity contribution in [3.8, 4) is 5.75 Å². The summed E-state index contributed by atoms with van der Waals surface area (Å²) < 4.78 is 5.51. The molecule has 1 atom stereocenters. The fourth-order valence-electron chi connectivity index (χ4n) is 2.73. The van der Waals surface area contributed by atoms with Gasteiger partial charge in [0.05, 0.1) is 6.04 Å². The predicted octanol–water partition coefficient (Wildman–Crippen LogP) is 3.72. The van der Waals surface area contributed by atoms with Crippen molar-refractivity contribution in [2.45, 2.75) is 6.04 Å². The molecule has 3 N–H and O–H groups in total. The van der Waals surface area contributed by atoms with E-state index >= 15 is 0 Å². The first-order valence-electron chi connectivity index (χ1n) is 8.65. The van der Waals surface area contributed by atoms with E-state index in [1.807, 2.05) is 42.5 Å². The number of ether oxygens (including phenoxy) is 1. The summed E-state index contributed by atoms with van der Waals surface area (Å²) >= 11 is 5.98. The largest absolute Gasteiger partial charge is 0.484 e. The minimum Gasteiger partial charge on any atom is -0.484 e. The Hall–Kier alpha value is -3.31. The molecule has 0 fully saturated rings. The number of hydrogen-bond donors (Lipinski definition) is 2. The highest BCUT2D eigenvalue weighted by atomic mass is 35.5. The van der Waals surface area contributed by atoms with E-state index in [2.05, 4.69) is 5.32 Å². The summed E-state index contributed by atoms with van der Waals surface area (Å²) in [5, 5.41) is 3.62. The molecule has 0 saturated heterocycles. The number of primary amides is 1. The zero-order valence-corrected chi connectivity index (χ0v) is 15.7. The van der Waals surface area contributed by atoms with Gasteiger partial charge >= 0.3 is 0 Å². The van der Waals surface area contributed by atoms with Gasteiger partial charge < -0.3 is 15.8 Å². The standard InChI is InChI=1S/C22H19ClN2O3/c23-18-10-6-16(7-11-18)21(15-4-2-1-3-5-15)25-20(26)14-28-19-12-8-17(9-13-19)22(24)27/h1-13,21H,14H2,(H2,24,27)(H,25,26). The number of rotatable bonds is 7. The Morgan fingerprint density at radius 2 is 1.50 bits per heavy atom. The maximum Gasteiger partial charge on any atom is 0.258 e. The Morgan fingerprint density at radius 3 is 2.11 bits per heavy atom. The van der Waals surface area contributed by atoms with E-state index in [4.69, 9.17) is 22.1 Å². The van der Waals surface area contributed by atoms with Crippen LogP contribution in [0.2, 0.25) is 5.02 Å². The molecule has 3 aromatic carbocycles. The van der Waals surface area contributed by atoms with Gasteiger partial charge in [0, 0.05) is 10.6 Å². The van der Waals surface area contributed by atoms with Crippen LogP contribution in [0.5, 0.6) is 5.75 Å². The summed E-state index contributed by atoms with van der Waals surface area (Å²) in [5.74, 6) is -0.316. The Labute approximate surface area is 168 Å². The van der Waals surface area contributed by atoms with Gasteiger partial charge in [-0.25, -0.2) is 0 Å². The molecule has 0 aromatic heterocycles. The van der Waals surface area contributed by atoms with Crippen molar-refractivity contribution in [3.63, 3.8) is 0 Å². The first-order valence-corrected chi connectivity index (χ1v) is 9.03.